The van der Waals surface area contributed by atoms with Gasteiger partial charge in [0.05, 0.1) is 13.2 Å². The number of hydrogen-bond acceptors (Lipinski definition) is 3. The van der Waals surface area contributed by atoms with Crippen molar-refractivity contribution in [1.29, 1.82) is 5.26 Å². The largest absolute Gasteiger partial charge is 0.497 e. The lowest BCUT2D eigenvalue weighted by Crippen LogP contribution is -2.36. The lowest BCUT2D eigenvalue weighted by Gasteiger charge is -2.21. The first-order valence-electron chi connectivity index (χ1n) is 6.52. The molecule has 1 amide bonds. The average molecular weight is 280 g/mol. The van der Waals surface area contributed by atoms with Gasteiger partial charge in [-0.25, -0.2) is 0 Å². The van der Waals surface area contributed by atoms with Gasteiger partial charge in [0.1, 0.15) is 5.75 Å². The number of hydrogen-bond donors (Lipinski definition) is 1. The van der Waals surface area contributed by atoms with Gasteiger partial charge in [-0.1, -0.05) is 30.3 Å². The van der Waals surface area contributed by atoms with E-state index in [9.17, 15) is 10.1 Å². The first-order chi connectivity index (χ1) is 10.1. The van der Waals surface area contributed by atoms with E-state index in [0.717, 1.165) is 0 Å². The molecule has 0 spiro atoms. The van der Waals surface area contributed by atoms with Crippen molar-refractivity contribution in [2.75, 3.05) is 12.4 Å². The van der Waals surface area contributed by atoms with E-state index < -0.39 is 5.41 Å². The highest BCUT2D eigenvalue weighted by atomic mass is 16.5. The van der Waals surface area contributed by atoms with E-state index in [2.05, 4.69) is 11.4 Å². The van der Waals surface area contributed by atoms with Crippen molar-refractivity contribution in [1.82, 2.24) is 0 Å². The normalized spacial score (nSPS) is 12.8. The zero-order valence-electron chi connectivity index (χ0n) is 12.0. The van der Waals surface area contributed by atoms with Crippen LogP contribution in [0.25, 0.3) is 0 Å². The van der Waals surface area contributed by atoms with Gasteiger partial charge < -0.3 is 10.1 Å². The first-order valence-corrected chi connectivity index (χ1v) is 6.52. The summed E-state index contributed by atoms with van der Waals surface area (Å²) in [4.78, 5) is 12.5. The number of benzene rings is 2. The maximum absolute atomic E-state index is 12.5. The third-order valence-corrected chi connectivity index (χ3v) is 3.38. The maximum atomic E-state index is 12.5. The molecule has 0 heterocycles. The minimum absolute atomic E-state index is 0.360. The van der Waals surface area contributed by atoms with Crippen molar-refractivity contribution in [3.8, 4) is 11.8 Å². The van der Waals surface area contributed by atoms with Crippen LogP contribution in [0.1, 0.15) is 12.5 Å². The minimum Gasteiger partial charge on any atom is -0.497 e. The van der Waals surface area contributed by atoms with Gasteiger partial charge in [-0.05, 0) is 36.8 Å². The summed E-state index contributed by atoms with van der Waals surface area (Å²) < 4.78 is 5.07. The van der Waals surface area contributed by atoms with E-state index in [1.165, 1.54) is 0 Å². The molecule has 0 aliphatic heterocycles. The molecule has 106 valence electrons. The predicted molar refractivity (Wildman–Crippen MR) is 81.0 cm³/mol. The molecule has 0 fully saturated rings. The number of methoxy groups -OCH3 is 1. The van der Waals surface area contributed by atoms with Gasteiger partial charge in [0.15, 0.2) is 5.41 Å². The third-order valence-electron chi connectivity index (χ3n) is 3.38. The van der Waals surface area contributed by atoms with Gasteiger partial charge in [0.2, 0.25) is 5.91 Å². The van der Waals surface area contributed by atoms with Crippen LogP contribution in [0, 0.1) is 11.3 Å². The van der Waals surface area contributed by atoms with E-state index in [0.29, 0.717) is 17.0 Å². The fraction of sp³-hybridized carbons (Fsp3) is 0.176. The summed E-state index contributed by atoms with van der Waals surface area (Å²) in [6.07, 6.45) is 0. The van der Waals surface area contributed by atoms with Crippen LogP contribution in [0.3, 0.4) is 0 Å². The Hall–Kier alpha value is -2.80. The summed E-state index contributed by atoms with van der Waals surface area (Å²) in [5.74, 6) is 0.348. The first kappa shape index (κ1) is 14.6. The molecule has 0 bridgehead atoms. The molecule has 2 aromatic carbocycles. The molecule has 1 atom stereocenters. The average Bonchev–Trinajstić information content (AvgIpc) is 2.55. The van der Waals surface area contributed by atoms with Crippen molar-refractivity contribution in [3.63, 3.8) is 0 Å². The summed E-state index contributed by atoms with van der Waals surface area (Å²) in [5, 5.41) is 12.2. The molecule has 0 radical (unpaired) electrons. The summed E-state index contributed by atoms with van der Waals surface area (Å²) >= 11 is 0. The Balaban J connectivity index is 2.23. The van der Waals surface area contributed by atoms with Crippen molar-refractivity contribution in [3.05, 3.63) is 60.2 Å². The van der Waals surface area contributed by atoms with Crippen LogP contribution in [-0.2, 0) is 10.2 Å². The highest BCUT2D eigenvalue weighted by Gasteiger charge is 2.35. The summed E-state index contributed by atoms with van der Waals surface area (Å²) in [7, 11) is 1.58. The molecule has 0 aliphatic rings. The van der Waals surface area contributed by atoms with E-state index in [1.807, 2.05) is 18.2 Å². The highest BCUT2D eigenvalue weighted by Crippen LogP contribution is 2.25. The van der Waals surface area contributed by atoms with Crippen molar-refractivity contribution >= 4 is 11.6 Å². The second kappa shape index (κ2) is 6.10. The van der Waals surface area contributed by atoms with Gasteiger partial charge in [-0.2, -0.15) is 5.26 Å². The second-order valence-electron chi connectivity index (χ2n) is 4.79. The molecular formula is C17H16N2O2. The fourth-order valence-corrected chi connectivity index (χ4v) is 1.95. The molecule has 4 heteroatoms. The lowest BCUT2D eigenvalue weighted by molar-refractivity contribution is -0.119. The zero-order chi connectivity index (χ0) is 15.3. The molecule has 0 unspecified atom stereocenters. The van der Waals surface area contributed by atoms with Crippen molar-refractivity contribution < 1.29 is 9.53 Å². The Morgan fingerprint density at radius 2 is 1.76 bits per heavy atom. The molecule has 0 saturated carbocycles. The van der Waals surface area contributed by atoms with Gasteiger partial charge in [-0.15, -0.1) is 0 Å². The SMILES string of the molecule is COc1ccc(NC(=O)[C@](C)(C#N)c2ccccc2)cc1. The smallest absolute Gasteiger partial charge is 0.249 e. The molecule has 21 heavy (non-hydrogen) atoms. The zero-order valence-corrected chi connectivity index (χ0v) is 12.0. The number of nitrogens with one attached hydrogen (secondary N) is 1. The van der Waals surface area contributed by atoms with Crippen LogP contribution in [0.2, 0.25) is 0 Å². The quantitative estimate of drug-likeness (QED) is 0.936. The van der Waals surface area contributed by atoms with Gasteiger partial charge in [0.25, 0.3) is 0 Å². The molecule has 0 aromatic heterocycles. The third kappa shape index (κ3) is 3.03. The van der Waals surface area contributed by atoms with Crippen LogP contribution in [0.5, 0.6) is 5.75 Å². The van der Waals surface area contributed by atoms with Gasteiger partial charge in [-0.3, -0.25) is 4.79 Å². The molecule has 4 nitrogen and oxygen atoms in total. The number of carbonyl (C=O) groups is 1. The standard InChI is InChI=1S/C17H16N2O2/c1-17(12-18,13-6-4-3-5-7-13)16(20)19-14-8-10-15(21-2)11-9-14/h3-11H,1-2H3,(H,19,20)/t17-/m1/s1. The Morgan fingerprint density at radius 3 is 2.29 bits per heavy atom. The summed E-state index contributed by atoms with van der Waals surface area (Å²) in [6.45, 7) is 1.61. The molecular weight excluding hydrogens is 264 g/mol. The molecule has 2 aromatic rings. The highest BCUT2D eigenvalue weighted by molar-refractivity contribution is 6.01. The number of nitriles is 1. The van der Waals surface area contributed by atoms with Crippen LogP contribution >= 0.6 is 0 Å². The van der Waals surface area contributed by atoms with Gasteiger partial charge >= 0.3 is 0 Å². The minimum atomic E-state index is -1.23. The van der Waals surface area contributed by atoms with Crippen LogP contribution in [0.4, 0.5) is 5.69 Å². The van der Waals surface area contributed by atoms with Gasteiger partial charge in [0, 0.05) is 5.69 Å². The number of amides is 1. The molecule has 0 saturated heterocycles. The molecule has 0 aliphatic carbocycles. The van der Waals surface area contributed by atoms with Crippen LogP contribution in [0.15, 0.2) is 54.6 Å². The number of nitrogens with zero attached hydrogens (tertiary/aromatic N) is 1. The maximum Gasteiger partial charge on any atom is 0.249 e. The Morgan fingerprint density at radius 1 is 1.14 bits per heavy atom. The van der Waals surface area contributed by atoms with Crippen LogP contribution in [-0.4, -0.2) is 13.0 Å². The molecule has 1 N–H and O–H groups in total. The second-order valence-corrected chi connectivity index (χ2v) is 4.79. The number of rotatable bonds is 4. The van der Waals surface area contributed by atoms with E-state index >= 15 is 0 Å². The van der Waals surface area contributed by atoms with E-state index in [4.69, 9.17) is 4.74 Å². The Bertz CT molecular complexity index is 659. The Labute approximate surface area is 124 Å². The molecule has 2 rings (SSSR count). The fourth-order valence-electron chi connectivity index (χ4n) is 1.95. The van der Waals surface area contributed by atoms with E-state index in [-0.39, 0.29) is 5.91 Å². The summed E-state index contributed by atoms with van der Waals surface area (Å²) in [6, 6.07) is 18.1. The van der Waals surface area contributed by atoms with Crippen molar-refractivity contribution in [2.45, 2.75) is 12.3 Å². The topological polar surface area (TPSA) is 62.1 Å². The number of ether oxygens (including phenoxy) is 1. The van der Waals surface area contributed by atoms with Crippen LogP contribution < -0.4 is 10.1 Å². The monoisotopic (exact) mass is 280 g/mol. The lowest BCUT2D eigenvalue weighted by atomic mass is 9.83. The summed E-state index contributed by atoms with van der Waals surface area (Å²) in [5.41, 5.74) is 0.0537. The van der Waals surface area contributed by atoms with Crippen molar-refractivity contribution in [2.24, 2.45) is 0 Å². The number of carbonyl (C=O) groups excluding carboxylic acids is 1. The van der Waals surface area contributed by atoms with E-state index in [1.54, 1.807) is 50.4 Å². The predicted octanol–water partition coefficient (Wildman–Crippen LogP) is 3.12. The number of anilines is 1. The Kier molecular flexibility index (Phi) is 4.24.